The van der Waals surface area contributed by atoms with Crippen LogP contribution in [0.3, 0.4) is 0 Å². The molecule has 0 atom stereocenters. The zero-order chi connectivity index (χ0) is 13.7. The SMILES string of the molecule is CCN(CC(N)=O)C(=O)c1ccc(N)cc1OC. The van der Waals surface area contributed by atoms with E-state index in [-0.39, 0.29) is 12.5 Å². The molecule has 0 bridgehead atoms. The summed E-state index contributed by atoms with van der Waals surface area (Å²) >= 11 is 0. The fraction of sp³-hybridized carbons (Fsp3) is 0.333. The summed E-state index contributed by atoms with van der Waals surface area (Å²) < 4.78 is 5.10. The van der Waals surface area contributed by atoms with Gasteiger partial charge in [-0.05, 0) is 19.1 Å². The molecule has 0 aliphatic carbocycles. The number of primary amides is 1. The third-order valence-corrected chi connectivity index (χ3v) is 2.47. The molecule has 18 heavy (non-hydrogen) atoms. The molecule has 1 aromatic carbocycles. The number of nitrogen functional groups attached to an aromatic ring is 1. The molecule has 0 radical (unpaired) electrons. The van der Waals surface area contributed by atoms with Crippen LogP contribution >= 0.6 is 0 Å². The van der Waals surface area contributed by atoms with E-state index >= 15 is 0 Å². The number of benzene rings is 1. The Hall–Kier alpha value is -2.24. The van der Waals surface area contributed by atoms with E-state index in [1.165, 1.54) is 12.0 Å². The fourth-order valence-electron chi connectivity index (χ4n) is 1.57. The average Bonchev–Trinajstić information content (AvgIpc) is 2.34. The van der Waals surface area contributed by atoms with E-state index in [4.69, 9.17) is 16.2 Å². The van der Waals surface area contributed by atoms with Gasteiger partial charge in [0.1, 0.15) is 5.75 Å². The Morgan fingerprint density at radius 1 is 1.39 bits per heavy atom. The standard InChI is InChI=1S/C12H17N3O3/c1-3-15(7-11(14)16)12(17)9-5-4-8(13)6-10(9)18-2/h4-6H,3,7,13H2,1-2H3,(H2,14,16). The van der Waals surface area contributed by atoms with Crippen LogP contribution in [0, 0.1) is 0 Å². The van der Waals surface area contributed by atoms with Gasteiger partial charge in [0.15, 0.2) is 0 Å². The predicted octanol–water partition coefficient (Wildman–Crippen LogP) is 0.225. The monoisotopic (exact) mass is 251 g/mol. The van der Waals surface area contributed by atoms with Gasteiger partial charge in [0.2, 0.25) is 5.91 Å². The minimum absolute atomic E-state index is 0.122. The van der Waals surface area contributed by atoms with Gasteiger partial charge in [-0.2, -0.15) is 0 Å². The number of likely N-dealkylation sites (N-methyl/N-ethyl adjacent to an activating group) is 1. The molecule has 98 valence electrons. The molecule has 0 saturated carbocycles. The van der Waals surface area contributed by atoms with Crippen molar-refractivity contribution < 1.29 is 14.3 Å². The van der Waals surface area contributed by atoms with E-state index in [0.717, 1.165) is 0 Å². The van der Waals surface area contributed by atoms with Crippen LogP contribution in [0.25, 0.3) is 0 Å². The number of carbonyl (C=O) groups excluding carboxylic acids is 2. The molecular weight excluding hydrogens is 234 g/mol. The minimum atomic E-state index is -0.556. The lowest BCUT2D eigenvalue weighted by molar-refractivity contribution is -0.118. The van der Waals surface area contributed by atoms with Crippen molar-refractivity contribution in [3.05, 3.63) is 23.8 Å². The average molecular weight is 251 g/mol. The smallest absolute Gasteiger partial charge is 0.258 e. The lowest BCUT2D eigenvalue weighted by atomic mass is 10.1. The lowest BCUT2D eigenvalue weighted by Gasteiger charge is -2.20. The van der Waals surface area contributed by atoms with Crippen molar-refractivity contribution in [3.63, 3.8) is 0 Å². The zero-order valence-electron chi connectivity index (χ0n) is 10.5. The highest BCUT2D eigenvalue weighted by molar-refractivity contribution is 5.99. The van der Waals surface area contributed by atoms with Crippen LogP contribution in [0.2, 0.25) is 0 Å². The van der Waals surface area contributed by atoms with Crippen LogP contribution in [0.5, 0.6) is 5.75 Å². The number of carbonyl (C=O) groups is 2. The fourth-order valence-corrected chi connectivity index (χ4v) is 1.57. The first kappa shape index (κ1) is 13.8. The predicted molar refractivity (Wildman–Crippen MR) is 68.2 cm³/mol. The maximum atomic E-state index is 12.2. The van der Waals surface area contributed by atoms with E-state index in [2.05, 4.69) is 0 Å². The van der Waals surface area contributed by atoms with Gasteiger partial charge in [-0.15, -0.1) is 0 Å². The summed E-state index contributed by atoms with van der Waals surface area (Å²) in [6, 6.07) is 4.74. The molecule has 0 spiro atoms. The van der Waals surface area contributed by atoms with E-state index in [0.29, 0.717) is 23.5 Å². The van der Waals surface area contributed by atoms with E-state index in [1.807, 2.05) is 0 Å². The van der Waals surface area contributed by atoms with Gasteiger partial charge in [0.25, 0.3) is 5.91 Å². The molecule has 0 heterocycles. The number of anilines is 1. The third-order valence-electron chi connectivity index (χ3n) is 2.47. The molecule has 0 aromatic heterocycles. The van der Waals surface area contributed by atoms with E-state index in [9.17, 15) is 9.59 Å². The first-order valence-electron chi connectivity index (χ1n) is 5.50. The molecule has 0 fully saturated rings. The Morgan fingerprint density at radius 3 is 2.56 bits per heavy atom. The zero-order valence-corrected chi connectivity index (χ0v) is 10.5. The van der Waals surface area contributed by atoms with E-state index < -0.39 is 5.91 Å². The number of ether oxygens (including phenoxy) is 1. The van der Waals surface area contributed by atoms with Crippen molar-refractivity contribution in [2.45, 2.75) is 6.92 Å². The Balaban J connectivity index is 3.04. The molecular formula is C12H17N3O3. The molecule has 0 saturated heterocycles. The minimum Gasteiger partial charge on any atom is -0.496 e. The Morgan fingerprint density at radius 2 is 2.06 bits per heavy atom. The quantitative estimate of drug-likeness (QED) is 0.731. The van der Waals surface area contributed by atoms with Gasteiger partial charge >= 0.3 is 0 Å². The first-order chi connectivity index (χ1) is 8.49. The van der Waals surface area contributed by atoms with Crippen molar-refractivity contribution in [2.75, 3.05) is 25.9 Å². The number of hydrogen-bond donors (Lipinski definition) is 2. The Labute approximate surface area is 105 Å². The topological polar surface area (TPSA) is 98.7 Å². The molecule has 1 aromatic rings. The van der Waals surface area contributed by atoms with Crippen molar-refractivity contribution >= 4 is 17.5 Å². The number of rotatable bonds is 5. The van der Waals surface area contributed by atoms with Gasteiger partial charge in [-0.3, -0.25) is 9.59 Å². The summed E-state index contributed by atoms with van der Waals surface area (Å²) in [6.07, 6.45) is 0. The lowest BCUT2D eigenvalue weighted by Crippen LogP contribution is -2.38. The van der Waals surface area contributed by atoms with Gasteiger partial charge in [-0.1, -0.05) is 0 Å². The van der Waals surface area contributed by atoms with Crippen LogP contribution < -0.4 is 16.2 Å². The van der Waals surface area contributed by atoms with Gasteiger partial charge in [0, 0.05) is 18.3 Å². The number of amides is 2. The second-order valence-corrected chi connectivity index (χ2v) is 3.75. The van der Waals surface area contributed by atoms with Gasteiger partial charge in [0.05, 0.1) is 19.2 Å². The maximum Gasteiger partial charge on any atom is 0.258 e. The molecule has 6 nitrogen and oxygen atoms in total. The van der Waals surface area contributed by atoms with Crippen LogP contribution in [-0.4, -0.2) is 36.9 Å². The molecule has 0 unspecified atom stereocenters. The highest BCUT2D eigenvalue weighted by Crippen LogP contribution is 2.22. The van der Waals surface area contributed by atoms with Gasteiger partial charge < -0.3 is 21.1 Å². The summed E-state index contributed by atoms with van der Waals surface area (Å²) in [5.41, 5.74) is 11.6. The number of methoxy groups -OCH3 is 1. The Bertz CT molecular complexity index is 460. The summed E-state index contributed by atoms with van der Waals surface area (Å²) in [6.45, 7) is 2.03. The number of nitrogens with two attached hydrogens (primary N) is 2. The summed E-state index contributed by atoms with van der Waals surface area (Å²) in [5.74, 6) is -0.490. The third kappa shape index (κ3) is 3.13. The highest BCUT2D eigenvalue weighted by atomic mass is 16.5. The van der Waals surface area contributed by atoms with Crippen molar-refractivity contribution in [1.29, 1.82) is 0 Å². The molecule has 0 aliphatic rings. The highest BCUT2D eigenvalue weighted by Gasteiger charge is 2.19. The molecule has 2 amide bonds. The summed E-state index contributed by atoms with van der Waals surface area (Å²) in [7, 11) is 1.45. The van der Waals surface area contributed by atoms with Crippen LogP contribution in [0.15, 0.2) is 18.2 Å². The summed E-state index contributed by atoms with van der Waals surface area (Å²) in [5, 5.41) is 0. The second kappa shape index (κ2) is 5.90. The normalized spacial score (nSPS) is 9.89. The van der Waals surface area contributed by atoms with Crippen LogP contribution in [0.4, 0.5) is 5.69 Å². The van der Waals surface area contributed by atoms with Crippen LogP contribution in [0.1, 0.15) is 17.3 Å². The number of nitrogens with zero attached hydrogens (tertiary/aromatic N) is 1. The molecule has 6 heteroatoms. The maximum absolute atomic E-state index is 12.2. The Kier molecular flexibility index (Phi) is 4.53. The molecule has 1 rings (SSSR count). The van der Waals surface area contributed by atoms with Crippen molar-refractivity contribution in [1.82, 2.24) is 4.90 Å². The first-order valence-corrected chi connectivity index (χ1v) is 5.50. The number of hydrogen-bond acceptors (Lipinski definition) is 4. The van der Waals surface area contributed by atoms with Crippen LogP contribution in [-0.2, 0) is 4.79 Å². The van der Waals surface area contributed by atoms with Crippen molar-refractivity contribution in [3.8, 4) is 5.75 Å². The molecule has 0 aliphatic heterocycles. The molecule has 4 N–H and O–H groups in total. The largest absolute Gasteiger partial charge is 0.496 e. The second-order valence-electron chi connectivity index (χ2n) is 3.75. The summed E-state index contributed by atoms with van der Waals surface area (Å²) in [4.78, 5) is 24.4. The van der Waals surface area contributed by atoms with Crippen molar-refractivity contribution in [2.24, 2.45) is 5.73 Å². The van der Waals surface area contributed by atoms with Gasteiger partial charge in [-0.25, -0.2) is 0 Å². The van der Waals surface area contributed by atoms with E-state index in [1.54, 1.807) is 25.1 Å².